The van der Waals surface area contributed by atoms with Gasteiger partial charge in [0.1, 0.15) is 5.15 Å². The molecule has 0 aliphatic carbocycles. The van der Waals surface area contributed by atoms with Gasteiger partial charge in [-0.3, -0.25) is 0 Å². The van der Waals surface area contributed by atoms with Crippen molar-refractivity contribution in [3.8, 4) is 11.8 Å². The van der Waals surface area contributed by atoms with Crippen LogP contribution in [0.5, 0.6) is 11.8 Å². The van der Waals surface area contributed by atoms with Crippen LogP contribution < -0.4 is 4.74 Å². The van der Waals surface area contributed by atoms with E-state index < -0.39 is 0 Å². The molecule has 78 valence electrons. The fourth-order valence-corrected chi connectivity index (χ4v) is 1.24. The van der Waals surface area contributed by atoms with Crippen molar-refractivity contribution in [3.05, 3.63) is 29.3 Å². The van der Waals surface area contributed by atoms with Crippen LogP contribution in [0.15, 0.2) is 18.5 Å². The van der Waals surface area contributed by atoms with Crippen molar-refractivity contribution < 1.29 is 4.74 Å². The minimum Gasteiger partial charge on any atom is -0.419 e. The third-order valence-corrected chi connectivity index (χ3v) is 1.96. The highest BCUT2D eigenvalue weighted by molar-refractivity contribution is 6.29. The summed E-state index contributed by atoms with van der Waals surface area (Å²) in [5.74, 6) is 1.01. The molecule has 0 saturated carbocycles. The average molecular weight is 225 g/mol. The summed E-state index contributed by atoms with van der Waals surface area (Å²) in [6.45, 7) is 1.89. The summed E-state index contributed by atoms with van der Waals surface area (Å²) in [6.07, 6.45) is 2.89. The van der Waals surface area contributed by atoms with E-state index in [0.717, 1.165) is 5.69 Å². The van der Waals surface area contributed by atoms with Crippen molar-refractivity contribution in [2.45, 2.75) is 6.92 Å². The van der Waals surface area contributed by atoms with E-state index in [0.29, 0.717) is 16.9 Å². The van der Waals surface area contributed by atoms with Crippen LogP contribution in [0.25, 0.3) is 0 Å². The molecule has 2 heterocycles. The van der Waals surface area contributed by atoms with Crippen LogP contribution >= 0.6 is 11.6 Å². The van der Waals surface area contributed by atoms with Gasteiger partial charge in [-0.25, -0.2) is 14.6 Å². The van der Waals surface area contributed by atoms with E-state index in [1.54, 1.807) is 11.7 Å². The van der Waals surface area contributed by atoms with Gasteiger partial charge in [-0.1, -0.05) is 11.6 Å². The van der Waals surface area contributed by atoms with Crippen molar-refractivity contribution in [1.29, 1.82) is 0 Å². The molecular weight excluding hydrogens is 216 g/mol. The van der Waals surface area contributed by atoms with Crippen LogP contribution in [0.2, 0.25) is 5.15 Å². The summed E-state index contributed by atoms with van der Waals surface area (Å²) in [5, 5.41) is 4.48. The minimum absolute atomic E-state index is 0.337. The highest BCUT2D eigenvalue weighted by Crippen LogP contribution is 2.19. The molecule has 0 amide bonds. The molecule has 0 unspecified atom stereocenters. The van der Waals surface area contributed by atoms with Gasteiger partial charge in [0.15, 0.2) is 0 Å². The van der Waals surface area contributed by atoms with E-state index >= 15 is 0 Å². The number of rotatable bonds is 2. The number of ether oxygens (including phenoxy) is 1. The van der Waals surface area contributed by atoms with Crippen molar-refractivity contribution in [2.24, 2.45) is 7.05 Å². The first-order chi connectivity index (χ1) is 7.15. The number of hydrogen-bond acceptors (Lipinski definition) is 4. The van der Waals surface area contributed by atoms with Crippen LogP contribution in [0.4, 0.5) is 0 Å². The van der Waals surface area contributed by atoms with E-state index in [9.17, 15) is 0 Å². The lowest BCUT2D eigenvalue weighted by Crippen LogP contribution is -1.96. The van der Waals surface area contributed by atoms with Crippen LogP contribution in [0, 0.1) is 6.92 Å². The second-order valence-corrected chi connectivity index (χ2v) is 3.41. The molecule has 0 saturated heterocycles. The summed E-state index contributed by atoms with van der Waals surface area (Å²) in [4.78, 5) is 7.83. The first kappa shape index (κ1) is 9.92. The zero-order valence-corrected chi connectivity index (χ0v) is 9.06. The molecule has 0 fully saturated rings. The summed E-state index contributed by atoms with van der Waals surface area (Å²) >= 11 is 5.60. The number of aromatic nitrogens is 4. The zero-order chi connectivity index (χ0) is 10.8. The maximum Gasteiger partial charge on any atom is 0.239 e. The minimum atomic E-state index is 0.337. The smallest absolute Gasteiger partial charge is 0.239 e. The molecule has 5 nitrogen and oxygen atoms in total. The molecule has 0 aromatic carbocycles. The molecule has 0 bridgehead atoms. The molecule has 0 spiro atoms. The van der Waals surface area contributed by atoms with Crippen LogP contribution in [-0.4, -0.2) is 19.7 Å². The van der Waals surface area contributed by atoms with Crippen molar-refractivity contribution >= 4 is 11.6 Å². The molecule has 0 N–H and O–H groups in total. The van der Waals surface area contributed by atoms with Crippen LogP contribution in [-0.2, 0) is 7.05 Å². The van der Waals surface area contributed by atoms with Crippen LogP contribution in [0.3, 0.4) is 0 Å². The Labute approximate surface area is 91.7 Å². The van der Waals surface area contributed by atoms with E-state index in [-0.39, 0.29) is 0 Å². The van der Waals surface area contributed by atoms with E-state index in [4.69, 9.17) is 16.3 Å². The van der Waals surface area contributed by atoms with Crippen molar-refractivity contribution in [3.63, 3.8) is 0 Å². The lowest BCUT2D eigenvalue weighted by molar-refractivity contribution is 0.413. The predicted molar refractivity (Wildman–Crippen MR) is 55.1 cm³/mol. The van der Waals surface area contributed by atoms with Gasteiger partial charge in [-0.2, -0.15) is 5.10 Å². The average Bonchev–Trinajstić information content (AvgIpc) is 2.49. The molecule has 0 aliphatic heterocycles. The van der Waals surface area contributed by atoms with Gasteiger partial charge in [0, 0.05) is 13.1 Å². The van der Waals surface area contributed by atoms with Gasteiger partial charge in [-0.05, 0) is 6.92 Å². The summed E-state index contributed by atoms with van der Waals surface area (Å²) < 4.78 is 7.08. The van der Waals surface area contributed by atoms with Gasteiger partial charge in [0.05, 0.1) is 18.1 Å². The Balaban J connectivity index is 2.21. The fourth-order valence-electron chi connectivity index (χ4n) is 1.14. The second-order valence-electron chi connectivity index (χ2n) is 3.03. The van der Waals surface area contributed by atoms with Crippen molar-refractivity contribution in [1.82, 2.24) is 19.7 Å². The Bertz CT molecular complexity index is 465. The number of aryl methyl sites for hydroxylation is 2. The Kier molecular flexibility index (Phi) is 2.55. The number of hydrogen-bond donors (Lipinski definition) is 0. The lowest BCUT2D eigenvalue weighted by atomic mass is 10.5. The highest BCUT2D eigenvalue weighted by atomic mass is 35.5. The standard InChI is InChI=1S/C9H9ClN4O/c1-6-3-9(14(2)13-6)15-8-5-11-7(10)4-12-8/h3-5H,1-2H3. The molecule has 15 heavy (non-hydrogen) atoms. The first-order valence-electron chi connectivity index (χ1n) is 4.31. The van der Waals surface area contributed by atoms with Gasteiger partial charge < -0.3 is 4.74 Å². The topological polar surface area (TPSA) is 52.8 Å². The monoisotopic (exact) mass is 224 g/mol. The molecule has 0 radical (unpaired) electrons. The maximum atomic E-state index is 5.60. The predicted octanol–water partition coefficient (Wildman–Crippen LogP) is 1.96. The van der Waals surface area contributed by atoms with E-state index in [1.807, 2.05) is 13.0 Å². The number of halogens is 1. The summed E-state index contributed by atoms with van der Waals surface area (Å²) in [5.41, 5.74) is 0.884. The lowest BCUT2D eigenvalue weighted by Gasteiger charge is -2.02. The molecule has 0 aliphatic rings. The Morgan fingerprint density at radius 1 is 1.33 bits per heavy atom. The fraction of sp³-hybridized carbons (Fsp3) is 0.222. The summed E-state index contributed by atoms with van der Waals surface area (Å²) in [7, 11) is 1.80. The Morgan fingerprint density at radius 2 is 2.13 bits per heavy atom. The third-order valence-electron chi connectivity index (χ3n) is 1.76. The third kappa shape index (κ3) is 2.24. The van der Waals surface area contributed by atoms with Gasteiger partial charge >= 0.3 is 0 Å². The zero-order valence-electron chi connectivity index (χ0n) is 8.31. The Morgan fingerprint density at radius 3 is 2.67 bits per heavy atom. The van der Waals surface area contributed by atoms with Crippen LogP contribution in [0.1, 0.15) is 5.69 Å². The maximum absolute atomic E-state index is 5.60. The molecule has 2 rings (SSSR count). The number of nitrogens with zero attached hydrogens (tertiary/aromatic N) is 4. The molecule has 2 aromatic heterocycles. The first-order valence-corrected chi connectivity index (χ1v) is 4.69. The van der Waals surface area contributed by atoms with E-state index in [2.05, 4.69) is 15.1 Å². The van der Waals surface area contributed by atoms with Gasteiger partial charge in [-0.15, -0.1) is 0 Å². The summed E-state index contributed by atoms with van der Waals surface area (Å²) in [6, 6.07) is 1.82. The van der Waals surface area contributed by atoms with Gasteiger partial charge in [0.2, 0.25) is 11.8 Å². The quantitative estimate of drug-likeness (QED) is 0.783. The Hall–Kier alpha value is -1.62. The van der Waals surface area contributed by atoms with Crippen molar-refractivity contribution in [2.75, 3.05) is 0 Å². The van der Waals surface area contributed by atoms with Gasteiger partial charge in [0.25, 0.3) is 0 Å². The van der Waals surface area contributed by atoms with E-state index in [1.165, 1.54) is 12.4 Å². The highest BCUT2D eigenvalue weighted by Gasteiger charge is 2.05. The molecule has 0 atom stereocenters. The molecule has 6 heteroatoms. The normalized spacial score (nSPS) is 10.3. The second kappa shape index (κ2) is 3.86. The SMILES string of the molecule is Cc1cc(Oc2cnc(Cl)cn2)n(C)n1. The largest absolute Gasteiger partial charge is 0.419 e. The molecular formula is C9H9ClN4O. The molecule has 2 aromatic rings.